The van der Waals surface area contributed by atoms with Crippen LogP contribution in [0.25, 0.3) is 0 Å². The van der Waals surface area contributed by atoms with Crippen LogP contribution in [0, 0.1) is 0 Å². The number of rotatable bonds is 2. The molecular weight excluding hydrogens is 218 g/mol. The van der Waals surface area contributed by atoms with E-state index >= 15 is 0 Å². The Morgan fingerprint density at radius 2 is 2.19 bits per heavy atom. The summed E-state index contributed by atoms with van der Waals surface area (Å²) in [6.45, 7) is 1.18. The predicted molar refractivity (Wildman–Crippen MR) is 68.2 cm³/mol. The second kappa shape index (κ2) is 4.38. The summed E-state index contributed by atoms with van der Waals surface area (Å²) in [5.74, 6) is 0. The Balaban J connectivity index is 1.82. The van der Waals surface area contributed by atoms with Gasteiger partial charge in [-0.25, -0.2) is 0 Å². The van der Waals surface area contributed by atoms with Gasteiger partial charge in [-0.2, -0.15) is 0 Å². The van der Waals surface area contributed by atoms with Crippen molar-refractivity contribution in [1.82, 2.24) is 5.32 Å². The third kappa shape index (κ3) is 1.99. The minimum Gasteiger partial charge on any atom is -0.314 e. The van der Waals surface area contributed by atoms with E-state index in [2.05, 4.69) is 17.4 Å². The van der Waals surface area contributed by atoms with Crippen molar-refractivity contribution in [3.63, 3.8) is 0 Å². The van der Waals surface area contributed by atoms with Gasteiger partial charge < -0.3 is 5.32 Å². The summed E-state index contributed by atoms with van der Waals surface area (Å²) in [6, 6.07) is 5.25. The standard InChI is InChI=1S/C14H18ClN/c15-14-9-10(8-12-4-2-6-16-12)7-11-3-1-5-13(11)14/h7,9,12,16H,1-6,8H2. The van der Waals surface area contributed by atoms with Crippen molar-refractivity contribution in [2.45, 2.75) is 44.6 Å². The number of hydrogen-bond acceptors (Lipinski definition) is 1. The van der Waals surface area contributed by atoms with E-state index in [1.807, 2.05) is 0 Å². The lowest BCUT2D eigenvalue weighted by molar-refractivity contribution is 0.603. The number of halogens is 1. The summed E-state index contributed by atoms with van der Waals surface area (Å²) < 4.78 is 0. The van der Waals surface area contributed by atoms with Gasteiger partial charge in [0.15, 0.2) is 0 Å². The van der Waals surface area contributed by atoms with Crippen LogP contribution in [0.4, 0.5) is 0 Å². The molecule has 1 saturated heterocycles. The normalized spacial score (nSPS) is 23.7. The molecule has 1 heterocycles. The molecule has 3 rings (SSSR count). The molecule has 86 valence electrons. The Morgan fingerprint density at radius 1 is 1.25 bits per heavy atom. The van der Waals surface area contributed by atoms with E-state index in [0.717, 1.165) is 11.4 Å². The molecule has 0 bridgehead atoms. The molecule has 0 radical (unpaired) electrons. The summed E-state index contributed by atoms with van der Waals surface area (Å²) in [5, 5.41) is 4.55. The fraction of sp³-hybridized carbons (Fsp3) is 0.571. The second-order valence-electron chi connectivity index (χ2n) is 5.07. The van der Waals surface area contributed by atoms with Crippen molar-refractivity contribution >= 4 is 11.6 Å². The minimum absolute atomic E-state index is 0.676. The first-order chi connectivity index (χ1) is 7.83. The summed E-state index contributed by atoms with van der Waals surface area (Å²) in [6.07, 6.45) is 7.46. The van der Waals surface area contributed by atoms with Gasteiger partial charge in [0.2, 0.25) is 0 Å². The fourth-order valence-electron chi connectivity index (χ4n) is 3.05. The Labute approximate surface area is 102 Å². The van der Waals surface area contributed by atoms with Gasteiger partial charge in [-0.3, -0.25) is 0 Å². The van der Waals surface area contributed by atoms with E-state index in [1.54, 1.807) is 0 Å². The summed E-state index contributed by atoms with van der Waals surface area (Å²) in [4.78, 5) is 0. The molecule has 0 aromatic heterocycles. The molecular formula is C14H18ClN. The van der Waals surface area contributed by atoms with Crippen LogP contribution in [0.3, 0.4) is 0 Å². The first-order valence-electron chi connectivity index (χ1n) is 6.36. The molecule has 1 aliphatic heterocycles. The lowest BCUT2D eigenvalue weighted by atomic mass is 10.00. The third-order valence-corrected chi connectivity index (χ3v) is 4.20. The molecule has 1 aliphatic carbocycles. The van der Waals surface area contributed by atoms with Crippen LogP contribution in [0.2, 0.25) is 5.02 Å². The van der Waals surface area contributed by atoms with Crippen molar-refractivity contribution in [2.24, 2.45) is 0 Å². The van der Waals surface area contributed by atoms with Crippen LogP contribution in [0.5, 0.6) is 0 Å². The zero-order valence-electron chi connectivity index (χ0n) is 9.56. The fourth-order valence-corrected chi connectivity index (χ4v) is 3.40. The summed E-state index contributed by atoms with van der Waals surface area (Å²) in [5.41, 5.74) is 4.33. The Bertz CT molecular complexity index is 394. The molecule has 1 unspecified atom stereocenters. The number of benzene rings is 1. The SMILES string of the molecule is Clc1cc(CC2CCCN2)cc2c1CCC2. The lowest BCUT2D eigenvalue weighted by Crippen LogP contribution is -2.23. The van der Waals surface area contributed by atoms with Crippen molar-refractivity contribution in [1.29, 1.82) is 0 Å². The van der Waals surface area contributed by atoms with Crippen LogP contribution in [-0.2, 0) is 19.3 Å². The number of nitrogens with one attached hydrogen (secondary N) is 1. The molecule has 1 aromatic rings. The largest absolute Gasteiger partial charge is 0.314 e. The van der Waals surface area contributed by atoms with Gasteiger partial charge in [0.1, 0.15) is 0 Å². The van der Waals surface area contributed by atoms with Gasteiger partial charge in [-0.05, 0) is 67.8 Å². The van der Waals surface area contributed by atoms with E-state index < -0.39 is 0 Å². The zero-order valence-corrected chi connectivity index (χ0v) is 10.3. The van der Waals surface area contributed by atoms with Gasteiger partial charge in [0.05, 0.1) is 0 Å². The molecule has 0 spiro atoms. The molecule has 0 amide bonds. The Morgan fingerprint density at radius 3 is 3.00 bits per heavy atom. The molecule has 16 heavy (non-hydrogen) atoms. The first kappa shape index (κ1) is 10.6. The summed E-state index contributed by atoms with van der Waals surface area (Å²) >= 11 is 6.34. The van der Waals surface area contributed by atoms with Gasteiger partial charge >= 0.3 is 0 Å². The number of aryl methyl sites for hydroxylation is 1. The maximum absolute atomic E-state index is 6.34. The van der Waals surface area contributed by atoms with Crippen LogP contribution < -0.4 is 5.32 Å². The highest BCUT2D eigenvalue weighted by molar-refractivity contribution is 6.31. The highest BCUT2D eigenvalue weighted by Gasteiger charge is 2.18. The van der Waals surface area contributed by atoms with Crippen molar-refractivity contribution in [2.75, 3.05) is 6.54 Å². The van der Waals surface area contributed by atoms with Crippen molar-refractivity contribution < 1.29 is 0 Å². The van der Waals surface area contributed by atoms with Gasteiger partial charge in [-0.1, -0.05) is 17.7 Å². The van der Waals surface area contributed by atoms with Gasteiger partial charge in [-0.15, -0.1) is 0 Å². The molecule has 0 saturated carbocycles. The van der Waals surface area contributed by atoms with E-state index in [-0.39, 0.29) is 0 Å². The number of fused-ring (bicyclic) bond motifs is 1. The van der Waals surface area contributed by atoms with Crippen molar-refractivity contribution in [3.05, 3.63) is 33.8 Å². The Hall–Kier alpha value is -0.530. The average molecular weight is 236 g/mol. The molecule has 1 atom stereocenters. The van der Waals surface area contributed by atoms with E-state index in [9.17, 15) is 0 Å². The molecule has 2 aliphatic rings. The molecule has 1 nitrogen and oxygen atoms in total. The topological polar surface area (TPSA) is 12.0 Å². The zero-order chi connectivity index (χ0) is 11.0. The Kier molecular flexibility index (Phi) is 2.91. The second-order valence-corrected chi connectivity index (χ2v) is 5.47. The van der Waals surface area contributed by atoms with Gasteiger partial charge in [0.25, 0.3) is 0 Å². The minimum atomic E-state index is 0.676. The lowest BCUT2D eigenvalue weighted by Gasteiger charge is -2.12. The highest BCUT2D eigenvalue weighted by atomic mass is 35.5. The van der Waals surface area contributed by atoms with Crippen LogP contribution in [-0.4, -0.2) is 12.6 Å². The van der Waals surface area contributed by atoms with Crippen LogP contribution in [0.15, 0.2) is 12.1 Å². The summed E-state index contributed by atoms with van der Waals surface area (Å²) in [7, 11) is 0. The molecule has 1 aromatic carbocycles. The maximum atomic E-state index is 6.34. The van der Waals surface area contributed by atoms with E-state index in [4.69, 9.17) is 11.6 Å². The van der Waals surface area contributed by atoms with Crippen molar-refractivity contribution in [3.8, 4) is 0 Å². The smallest absolute Gasteiger partial charge is 0.0443 e. The maximum Gasteiger partial charge on any atom is 0.0443 e. The van der Waals surface area contributed by atoms with E-state index in [1.165, 1.54) is 55.3 Å². The quantitative estimate of drug-likeness (QED) is 0.831. The third-order valence-electron chi connectivity index (χ3n) is 3.87. The van der Waals surface area contributed by atoms with Crippen LogP contribution >= 0.6 is 11.6 Å². The molecule has 1 fully saturated rings. The molecule has 2 heteroatoms. The highest BCUT2D eigenvalue weighted by Crippen LogP contribution is 2.30. The number of hydrogen-bond donors (Lipinski definition) is 1. The monoisotopic (exact) mass is 235 g/mol. The average Bonchev–Trinajstić information content (AvgIpc) is 2.87. The first-order valence-corrected chi connectivity index (χ1v) is 6.74. The molecule has 1 N–H and O–H groups in total. The predicted octanol–water partition coefficient (Wildman–Crippen LogP) is 3.12. The van der Waals surface area contributed by atoms with E-state index in [0.29, 0.717) is 6.04 Å². The van der Waals surface area contributed by atoms with Gasteiger partial charge in [0, 0.05) is 11.1 Å². The van der Waals surface area contributed by atoms with Crippen LogP contribution in [0.1, 0.15) is 36.0 Å².